The Morgan fingerprint density at radius 1 is 0.808 bits per heavy atom. The fourth-order valence-corrected chi connectivity index (χ4v) is 2.40. The Kier molecular flexibility index (Phi) is 6.49. The first-order chi connectivity index (χ1) is 12.5. The van der Waals surface area contributed by atoms with E-state index in [4.69, 9.17) is 18.9 Å². The molecular weight excluding hydrogens is 334 g/mol. The molecule has 0 aromatic heterocycles. The molecule has 2 aromatic rings. The van der Waals surface area contributed by atoms with E-state index in [-0.39, 0.29) is 5.91 Å². The Morgan fingerprint density at radius 3 is 1.92 bits per heavy atom. The van der Waals surface area contributed by atoms with E-state index in [0.717, 1.165) is 5.56 Å². The first kappa shape index (κ1) is 19.2. The largest absolute Gasteiger partial charge is 0.493 e. The van der Waals surface area contributed by atoms with E-state index in [1.54, 1.807) is 65.7 Å². The zero-order chi connectivity index (χ0) is 19.1. The smallest absolute Gasteiger partial charge is 0.251 e. The molecule has 6 nitrogen and oxygen atoms in total. The van der Waals surface area contributed by atoms with Gasteiger partial charge in [-0.15, -0.1) is 0 Å². The van der Waals surface area contributed by atoms with E-state index in [0.29, 0.717) is 34.3 Å². The summed E-state index contributed by atoms with van der Waals surface area (Å²) in [5.41, 5.74) is 2.00. The van der Waals surface area contributed by atoms with Crippen molar-refractivity contribution in [2.24, 2.45) is 0 Å². The van der Waals surface area contributed by atoms with Gasteiger partial charge in [0, 0.05) is 17.3 Å². The van der Waals surface area contributed by atoms with Gasteiger partial charge in [-0.05, 0) is 42.8 Å². The monoisotopic (exact) mass is 357 g/mol. The number of hydrogen-bond donors (Lipinski definition) is 1. The molecule has 2 rings (SSSR count). The van der Waals surface area contributed by atoms with Crippen molar-refractivity contribution >= 4 is 17.7 Å². The van der Waals surface area contributed by atoms with E-state index in [2.05, 4.69) is 5.32 Å². The standard InChI is InChI=1S/C20H23NO5/c1-13(10-14-6-8-16(23-2)18(11-14)25-4)20(22)21-15-7-9-17(24-3)19(12-15)26-5/h6-12H,1-5H3,(H,21,22)/b13-10+. The molecule has 6 heteroatoms. The van der Waals surface area contributed by atoms with Crippen LogP contribution in [0.25, 0.3) is 6.08 Å². The number of hydrogen-bond acceptors (Lipinski definition) is 5. The molecule has 1 amide bonds. The highest BCUT2D eigenvalue weighted by Crippen LogP contribution is 2.30. The van der Waals surface area contributed by atoms with Crippen molar-refractivity contribution in [3.8, 4) is 23.0 Å². The van der Waals surface area contributed by atoms with Crippen LogP contribution in [-0.4, -0.2) is 34.3 Å². The number of anilines is 1. The van der Waals surface area contributed by atoms with Crippen molar-refractivity contribution < 1.29 is 23.7 Å². The van der Waals surface area contributed by atoms with Crippen LogP contribution in [0.2, 0.25) is 0 Å². The summed E-state index contributed by atoms with van der Waals surface area (Å²) in [7, 11) is 6.26. The lowest BCUT2D eigenvalue weighted by atomic mass is 10.1. The third kappa shape index (κ3) is 4.47. The molecule has 0 bridgehead atoms. The van der Waals surface area contributed by atoms with Crippen LogP contribution in [0.15, 0.2) is 42.0 Å². The summed E-state index contributed by atoms with van der Waals surface area (Å²) in [5.74, 6) is 2.17. The second-order valence-electron chi connectivity index (χ2n) is 5.47. The maximum Gasteiger partial charge on any atom is 0.251 e. The normalized spacial score (nSPS) is 10.9. The van der Waals surface area contributed by atoms with Gasteiger partial charge in [0.05, 0.1) is 28.4 Å². The van der Waals surface area contributed by atoms with Gasteiger partial charge in [0.15, 0.2) is 23.0 Å². The Labute approximate surface area is 153 Å². The molecule has 1 N–H and O–H groups in total. The lowest BCUT2D eigenvalue weighted by Crippen LogP contribution is -2.12. The van der Waals surface area contributed by atoms with Gasteiger partial charge in [0.2, 0.25) is 0 Å². The molecule has 0 spiro atoms. The lowest BCUT2D eigenvalue weighted by molar-refractivity contribution is -0.112. The SMILES string of the molecule is COc1ccc(/C=C(\C)C(=O)Nc2ccc(OC)c(OC)c2)cc1OC. The van der Waals surface area contributed by atoms with Crippen molar-refractivity contribution in [3.63, 3.8) is 0 Å². The average molecular weight is 357 g/mol. The Balaban J connectivity index is 2.18. The van der Waals surface area contributed by atoms with Gasteiger partial charge in [-0.2, -0.15) is 0 Å². The summed E-state index contributed by atoms with van der Waals surface area (Å²) in [6.45, 7) is 1.74. The Hall–Kier alpha value is -3.15. The lowest BCUT2D eigenvalue weighted by Gasteiger charge is -2.11. The van der Waals surface area contributed by atoms with Crippen LogP contribution in [0.3, 0.4) is 0 Å². The van der Waals surface area contributed by atoms with Crippen molar-refractivity contribution in [3.05, 3.63) is 47.5 Å². The first-order valence-electron chi connectivity index (χ1n) is 7.96. The quantitative estimate of drug-likeness (QED) is 0.764. The maximum atomic E-state index is 12.4. The van der Waals surface area contributed by atoms with E-state index in [9.17, 15) is 4.79 Å². The van der Waals surface area contributed by atoms with E-state index < -0.39 is 0 Å². The second kappa shape index (κ2) is 8.80. The Morgan fingerprint density at radius 2 is 1.35 bits per heavy atom. The highest BCUT2D eigenvalue weighted by molar-refractivity contribution is 6.06. The number of carbonyl (C=O) groups excluding carboxylic acids is 1. The highest BCUT2D eigenvalue weighted by Gasteiger charge is 2.10. The van der Waals surface area contributed by atoms with Crippen LogP contribution in [-0.2, 0) is 4.79 Å². The fraction of sp³-hybridized carbons (Fsp3) is 0.250. The molecule has 0 atom stereocenters. The number of ether oxygens (including phenoxy) is 4. The molecule has 0 heterocycles. The minimum absolute atomic E-state index is 0.216. The van der Waals surface area contributed by atoms with Crippen LogP contribution in [0, 0.1) is 0 Å². The maximum absolute atomic E-state index is 12.4. The van der Waals surface area contributed by atoms with Gasteiger partial charge in [-0.25, -0.2) is 0 Å². The molecule has 0 radical (unpaired) electrons. The van der Waals surface area contributed by atoms with Crippen molar-refractivity contribution in [2.75, 3.05) is 33.8 Å². The van der Waals surface area contributed by atoms with Crippen molar-refractivity contribution in [1.29, 1.82) is 0 Å². The first-order valence-corrected chi connectivity index (χ1v) is 7.96. The molecule has 0 fully saturated rings. The molecule has 0 saturated heterocycles. The summed E-state index contributed by atoms with van der Waals surface area (Å²) in [4.78, 5) is 12.4. The number of methoxy groups -OCH3 is 4. The van der Waals surface area contributed by atoms with Gasteiger partial charge in [0.25, 0.3) is 5.91 Å². The van der Waals surface area contributed by atoms with Crippen LogP contribution < -0.4 is 24.3 Å². The number of carbonyl (C=O) groups is 1. The molecule has 0 aliphatic heterocycles. The second-order valence-corrected chi connectivity index (χ2v) is 5.47. The minimum Gasteiger partial charge on any atom is -0.493 e. The predicted molar refractivity (Wildman–Crippen MR) is 101 cm³/mol. The third-order valence-electron chi connectivity index (χ3n) is 3.79. The topological polar surface area (TPSA) is 66.0 Å². The zero-order valence-electron chi connectivity index (χ0n) is 15.6. The van der Waals surface area contributed by atoms with Gasteiger partial charge >= 0.3 is 0 Å². The third-order valence-corrected chi connectivity index (χ3v) is 3.79. The van der Waals surface area contributed by atoms with Crippen LogP contribution in [0.1, 0.15) is 12.5 Å². The Bertz CT molecular complexity index is 814. The summed E-state index contributed by atoms with van der Waals surface area (Å²) < 4.78 is 20.9. The summed E-state index contributed by atoms with van der Waals surface area (Å²) in [6.07, 6.45) is 1.78. The average Bonchev–Trinajstić information content (AvgIpc) is 2.67. The molecule has 138 valence electrons. The predicted octanol–water partition coefficient (Wildman–Crippen LogP) is 3.76. The van der Waals surface area contributed by atoms with E-state index in [1.165, 1.54) is 0 Å². The summed E-state index contributed by atoms with van der Waals surface area (Å²) in [6, 6.07) is 10.7. The zero-order valence-corrected chi connectivity index (χ0v) is 15.6. The molecule has 0 aliphatic carbocycles. The van der Waals surface area contributed by atoms with Crippen molar-refractivity contribution in [2.45, 2.75) is 6.92 Å². The molecule has 2 aromatic carbocycles. The van der Waals surface area contributed by atoms with Crippen LogP contribution in [0.5, 0.6) is 23.0 Å². The minimum atomic E-state index is -0.216. The van der Waals surface area contributed by atoms with E-state index >= 15 is 0 Å². The molecule has 0 saturated carbocycles. The van der Waals surface area contributed by atoms with Gasteiger partial charge < -0.3 is 24.3 Å². The fourth-order valence-electron chi connectivity index (χ4n) is 2.40. The highest BCUT2D eigenvalue weighted by atomic mass is 16.5. The molecular formula is C20H23NO5. The van der Waals surface area contributed by atoms with Gasteiger partial charge in [0.1, 0.15) is 0 Å². The summed E-state index contributed by atoms with van der Waals surface area (Å²) >= 11 is 0. The molecule has 0 unspecified atom stereocenters. The van der Waals surface area contributed by atoms with Crippen molar-refractivity contribution in [1.82, 2.24) is 0 Å². The van der Waals surface area contributed by atoms with E-state index in [1.807, 2.05) is 12.1 Å². The van der Waals surface area contributed by atoms with Gasteiger partial charge in [-0.1, -0.05) is 6.07 Å². The number of benzene rings is 2. The number of nitrogens with one attached hydrogen (secondary N) is 1. The van der Waals surface area contributed by atoms with Crippen LogP contribution in [0.4, 0.5) is 5.69 Å². The van der Waals surface area contributed by atoms with Gasteiger partial charge in [-0.3, -0.25) is 4.79 Å². The summed E-state index contributed by atoms with van der Waals surface area (Å²) in [5, 5.41) is 2.84. The van der Waals surface area contributed by atoms with Crippen LogP contribution >= 0.6 is 0 Å². The molecule has 0 aliphatic rings. The molecule has 26 heavy (non-hydrogen) atoms. The number of amides is 1. The number of rotatable bonds is 7.